The van der Waals surface area contributed by atoms with Crippen LogP contribution in [-0.4, -0.2) is 40.3 Å². The van der Waals surface area contributed by atoms with Crippen LogP contribution in [0.4, 0.5) is 5.82 Å². The molecule has 2 fully saturated rings. The lowest BCUT2D eigenvalue weighted by atomic mass is 9.89. The van der Waals surface area contributed by atoms with E-state index in [9.17, 15) is 0 Å². The molecule has 3 heterocycles. The highest BCUT2D eigenvalue weighted by Crippen LogP contribution is 2.34. The minimum Gasteiger partial charge on any atom is -0.473 e. The van der Waals surface area contributed by atoms with Crippen LogP contribution in [0.1, 0.15) is 37.3 Å². The van der Waals surface area contributed by atoms with Crippen molar-refractivity contribution in [3.63, 3.8) is 0 Å². The van der Waals surface area contributed by atoms with Crippen molar-refractivity contribution in [1.29, 1.82) is 0 Å². The number of nitrogens with one attached hydrogen (secondary N) is 1. The van der Waals surface area contributed by atoms with E-state index in [1.54, 1.807) is 12.4 Å². The van der Waals surface area contributed by atoms with Crippen molar-refractivity contribution in [1.82, 2.24) is 15.0 Å². The van der Waals surface area contributed by atoms with E-state index in [0.29, 0.717) is 17.8 Å². The van der Waals surface area contributed by atoms with Crippen LogP contribution in [0.2, 0.25) is 0 Å². The second-order valence-electron chi connectivity index (χ2n) is 7.58. The summed E-state index contributed by atoms with van der Waals surface area (Å²) in [5.74, 6) is 2.00. The van der Waals surface area contributed by atoms with Gasteiger partial charge in [0.15, 0.2) is 0 Å². The van der Waals surface area contributed by atoms with Gasteiger partial charge in [-0.15, -0.1) is 0 Å². The Balaban J connectivity index is 1.19. The largest absolute Gasteiger partial charge is 0.473 e. The summed E-state index contributed by atoms with van der Waals surface area (Å²) < 4.78 is 11.7. The van der Waals surface area contributed by atoms with Crippen LogP contribution in [0, 0.1) is 0 Å². The number of aromatic nitrogens is 3. The lowest BCUT2D eigenvalue weighted by Gasteiger charge is -2.36. The third kappa shape index (κ3) is 3.64. The van der Waals surface area contributed by atoms with Crippen LogP contribution in [0.15, 0.2) is 48.8 Å². The van der Waals surface area contributed by atoms with Crippen molar-refractivity contribution < 1.29 is 9.47 Å². The maximum Gasteiger partial charge on any atom is 0.236 e. The van der Waals surface area contributed by atoms with Crippen LogP contribution >= 0.6 is 0 Å². The molecule has 1 saturated heterocycles. The van der Waals surface area contributed by atoms with Gasteiger partial charge in [0.05, 0.1) is 5.52 Å². The number of para-hydroxylation sites is 1. The molecule has 1 N–H and O–H groups in total. The zero-order valence-corrected chi connectivity index (χ0v) is 15.8. The summed E-state index contributed by atoms with van der Waals surface area (Å²) in [5.41, 5.74) is 2.00. The zero-order valence-electron chi connectivity index (χ0n) is 15.8. The van der Waals surface area contributed by atoms with E-state index < -0.39 is 0 Å². The molecule has 0 bridgehead atoms. The molecule has 0 atom stereocenters. The lowest BCUT2D eigenvalue weighted by Crippen LogP contribution is -2.43. The first-order valence-electron chi connectivity index (χ1n) is 10.0. The first kappa shape index (κ1) is 17.4. The van der Waals surface area contributed by atoms with Gasteiger partial charge in [-0.1, -0.05) is 18.2 Å². The van der Waals surface area contributed by atoms with Gasteiger partial charge in [-0.2, -0.15) is 0 Å². The van der Waals surface area contributed by atoms with Gasteiger partial charge in [0.1, 0.15) is 17.6 Å². The number of benzene rings is 1. The Labute approximate surface area is 164 Å². The van der Waals surface area contributed by atoms with Crippen LogP contribution in [0.3, 0.4) is 0 Å². The predicted molar refractivity (Wildman–Crippen MR) is 108 cm³/mol. The summed E-state index contributed by atoms with van der Waals surface area (Å²) in [6.45, 7) is 1.57. The SMILES string of the molecule is c1ccc2nc(N[C@H]3C[C@H](Oc4nccnc4C4CCOCC4)C3)ccc2c1. The summed E-state index contributed by atoms with van der Waals surface area (Å²) in [7, 11) is 0. The number of ether oxygens (including phenoxy) is 2. The van der Waals surface area contributed by atoms with Crippen molar-refractivity contribution in [3.05, 3.63) is 54.5 Å². The van der Waals surface area contributed by atoms with Crippen LogP contribution in [0.5, 0.6) is 5.88 Å². The summed E-state index contributed by atoms with van der Waals surface area (Å²) in [6.07, 6.45) is 7.50. The molecule has 1 aliphatic heterocycles. The number of pyridine rings is 1. The van der Waals surface area contributed by atoms with E-state index in [-0.39, 0.29) is 6.10 Å². The highest BCUT2D eigenvalue weighted by Gasteiger charge is 2.33. The maximum absolute atomic E-state index is 6.20. The third-order valence-electron chi connectivity index (χ3n) is 5.62. The van der Waals surface area contributed by atoms with Crippen molar-refractivity contribution in [2.45, 2.75) is 43.7 Å². The standard InChI is InChI=1S/C22H24N4O2/c1-2-4-19-15(3-1)5-6-20(26-19)25-17-13-18(14-17)28-22-21(23-9-10-24-22)16-7-11-27-12-8-16/h1-6,9-10,16-18H,7-8,11-14H2,(H,25,26)/t17-,18-. The molecule has 28 heavy (non-hydrogen) atoms. The fourth-order valence-corrected chi connectivity index (χ4v) is 3.97. The number of hydrogen-bond donors (Lipinski definition) is 1. The van der Waals surface area contributed by atoms with Crippen LogP contribution in [0.25, 0.3) is 10.9 Å². The molecule has 6 nitrogen and oxygen atoms in total. The second-order valence-corrected chi connectivity index (χ2v) is 7.58. The Morgan fingerprint density at radius 2 is 1.79 bits per heavy atom. The summed E-state index contributed by atoms with van der Waals surface area (Å²) in [5, 5.41) is 4.68. The van der Waals surface area contributed by atoms with Crippen molar-refractivity contribution in [2.75, 3.05) is 18.5 Å². The summed E-state index contributed by atoms with van der Waals surface area (Å²) >= 11 is 0. The van der Waals surface area contributed by atoms with E-state index in [4.69, 9.17) is 14.5 Å². The highest BCUT2D eigenvalue weighted by molar-refractivity contribution is 5.80. The average Bonchev–Trinajstić information content (AvgIpc) is 2.73. The minimum atomic E-state index is 0.174. The molecule has 3 aromatic rings. The summed E-state index contributed by atoms with van der Waals surface area (Å²) in [6, 6.07) is 12.7. The molecule has 0 radical (unpaired) electrons. The second kappa shape index (κ2) is 7.72. The van der Waals surface area contributed by atoms with Crippen molar-refractivity contribution >= 4 is 16.7 Å². The Hall–Kier alpha value is -2.73. The van der Waals surface area contributed by atoms with Gasteiger partial charge in [-0.3, -0.25) is 4.98 Å². The molecule has 0 amide bonds. The molecule has 1 aliphatic carbocycles. The van der Waals surface area contributed by atoms with Gasteiger partial charge in [-0.05, 0) is 31.0 Å². The Morgan fingerprint density at radius 3 is 2.68 bits per heavy atom. The van der Waals surface area contributed by atoms with E-state index >= 15 is 0 Å². The topological polar surface area (TPSA) is 69.2 Å². The number of nitrogens with zero attached hydrogens (tertiary/aromatic N) is 3. The lowest BCUT2D eigenvalue weighted by molar-refractivity contribution is 0.0780. The molecule has 0 unspecified atom stereocenters. The first-order chi connectivity index (χ1) is 13.8. The molecule has 1 saturated carbocycles. The maximum atomic E-state index is 6.20. The first-order valence-corrected chi connectivity index (χ1v) is 10.0. The monoisotopic (exact) mass is 376 g/mol. The van der Waals surface area contributed by atoms with E-state index in [0.717, 1.165) is 61.3 Å². The van der Waals surface area contributed by atoms with Crippen LogP contribution in [-0.2, 0) is 4.74 Å². The number of fused-ring (bicyclic) bond motifs is 1. The Morgan fingerprint density at radius 1 is 0.964 bits per heavy atom. The fraction of sp³-hybridized carbons (Fsp3) is 0.409. The fourth-order valence-electron chi connectivity index (χ4n) is 3.97. The molecule has 2 aliphatic rings. The zero-order chi connectivity index (χ0) is 18.8. The molecule has 2 aromatic heterocycles. The van der Waals surface area contributed by atoms with Gasteiger partial charge >= 0.3 is 0 Å². The van der Waals surface area contributed by atoms with Gasteiger partial charge < -0.3 is 14.8 Å². The number of rotatable bonds is 5. The molecular weight excluding hydrogens is 352 g/mol. The predicted octanol–water partition coefficient (Wildman–Crippen LogP) is 3.94. The van der Waals surface area contributed by atoms with Crippen LogP contribution < -0.4 is 10.1 Å². The Bertz CT molecular complexity index is 952. The highest BCUT2D eigenvalue weighted by atomic mass is 16.5. The Kier molecular flexibility index (Phi) is 4.79. The molecule has 0 spiro atoms. The smallest absolute Gasteiger partial charge is 0.236 e. The van der Waals surface area contributed by atoms with Gasteiger partial charge in [0.25, 0.3) is 0 Å². The number of hydrogen-bond acceptors (Lipinski definition) is 6. The molecular formula is C22H24N4O2. The quantitative estimate of drug-likeness (QED) is 0.727. The van der Waals surface area contributed by atoms with Crippen molar-refractivity contribution in [3.8, 4) is 5.88 Å². The molecule has 1 aromatic carbocycles. The van der Waals surface area contributed by atoms with E-state index in [2.05, 4.69) is 27.4 Å². The third-order valence-corrected chi connectivity index (χ3v) is 5.62. The van der Waals surface area contributed by atoms with Gasteiger partial charge in [0, 0.05) is 55.8 Å². The van der Waals surface area contributed by atoms with Gasteiger partial charge in [-0.25, -0.2) is 9.97 Å². The average molecular weight is 376 g/mol. The molecule has 6 heteroatoms. The minimum absolute atomic E-state index is 0.174. The van der Waals surface area contributed by atoms with E-state index in [1.165, 1.54) is 0 Å². The van der Waals surface area contributed by atoms with E-state index in [1.807, 2.05) is 24.3 Å². The summed E-state index contributed by atoms with van der Waals surface area (Å²) in [4.78, 5) is 13.7. The van der Waals surface area contributed by atoms with Gasteiger partial charge in [0.2, 0.25) is 5.88 Å². The molecule has 5 rings (SSSR count). The number of anilines is 1. The van der Waals surface area contributed by atoms with Crippen molar-refractivity contribution in [2.24, 2.45) is 0 Å². The molecule has 144 valence electrons. The normalized spacial score (nSPS) is 22.6.